The zero-order valence-corrected chi connectivity index (χ0v) is 17.6. The van der Waals surface area contributed by atoms with E-state index >= 15 is 0 Å². The van der Waals surface area contributed by atoms with Crippen molar-refractivity contribution in [2.45, 2.75) is 39.2 Å². The van der Waals surface area contributed by atoms with Crippen LogP contribution in [0.1, 0.15) is 37.1 Å². The van der Waals surface area contributed by atoms with Crippen LogP contribution in [0.5, 0.6) is 5.75 Å². The van der Waals surface area contributed by atoms with E-state index in [2.05, 4.69) is 13.8 Å². The molecule has 1 fully saturated rings. The number of thiophene rings is 1. The molecule has 1 aliphatic rings. The Morgan fingerprint density at radius 2 is 1.64 bits per heavy atom. The van der Waals surface area contributed by atoms with E-state index < -0.39 is 6.10 Å². The first-order valence-corrected chi connectivity index (χ1v) is 10.7. The Bertz CT molecular complexity index is 779. The second kappa shape index (κ2) is 9.24. The number of ether oxygens (including phenoxy) is 1. The van der Waals surface area contributed by atoms with E-state index in [1.54, 1.807) is 23.2 Å². The van der Waals surface area contributed by atoms with E-state index in [0.29, 0.717) is 44.3 Å². The summed E-state index contributed by atoms with van der Waals surface area (Å²) in [6.45, 7) is 8.33. The Kier molecular flexibility index (Phi) is 6.73. The van der Waals surface area contributed by atoms with Crippen molar-refractivity contribution >= 4 is 23.2 Å². The van der Waals surface area contributed by atoms with Gasteiger partial charge in [-0.3, -0.25) is 9.59 Å². The van der Waals surface area contributed by atoms with Gasteiger partial charge in [0.15, 0.2) is 6.10 Å². The molecule has 6 heteroatoms. The highest BCUT2D eigenvalue weighted by Gasteiger charge is 2.28. The average Bonchev–Trinajstić information content (AvgIpc) is 3.21. The molecule has 0 spiro atoms. The van der Waals surface area contributed by atoms with Gasteiger partial charge in [0.2, 0.25) is 5.91 Å². The molecule has 0 bridgehead atoms. The Morgan fingerprint density at radius 3 is 2.21 bits per heavy atom. The van der Waals surface area contributed by atoms with Gasteiger partial charge in [0, 0.05) is 31.1 Å². The largest absolute Gasteiger partial charge is 0.481 e. The second-order valence-electron chi connectivity index (χ2n) is 7.45. The molecule has 1 aromatic heterocycles. The van der Waals surface area contributed by atoms with Gasteiger partial charge in [-0.2, -0.15) is 0 Å². The second-order valence-corrected chi connectivity index (χ2v) is 8.48. The number of carbonyl (C=O) groups is 2. The van der Waals surface area contributed by atoms with Crippen LogP contribution in [0.4, 0.5) is 0 Å². The molecule has 1 aromatic carbocycles. The zero-order chi connectivity index (χ0) is 20.1. The van der Waals surface area contributed by atoms with Crippen LogP contribution in [-0.2, 0) is 16.0 Å². The number of benzene rings is 1. The number of carbonyl (C=O) groups excluding carboxylic acids is 2. The quantitative estimate of drug-likeness (QED) is 0.745. The van der Waals surface area contributed by atoms with Crippen LogP contribution in [0, 0.1) is 0 Å². The number of hydrogen-bond donors (Lipinski definition) is 0. The van der Waals surface area contributed by atoms with E-state index in [4.69, 9.17) is 4.74 Å². The third-order valence-corrected chi connectivity index (χ3v) is 5.93. The van der Waals surface area contributed by atoms with E-state index in [9.17, 15) is 9.59 Å². The molecule has 0 N–H and O–H groups in total. The van der Waals surface area contributed by atoms with Crippen molar-refractivity contribution in [3.8, 4) is 5.75 Å². The molecule has 0 aliphatic carbocycles. The Hall–Kier alpha value is -2.34. The summed E-state index contributed by atoms with van der Waals surface area (Å²) in [6.07, 6.45) is -0.101. The van der Waals surface area contributed by atoms with E-state index in [0.717, 1.165) is 4.88 Å². The summed E-state index contributed by atoms with van der Waals surface area (Å²) >= 11 is 1.60. The minimum absolute atomic E-state index is 0.0294. The standard InChI is InChI=1S/C22H28N2O3S/c1-16(2)18-6-8-19(9-7-18)27-17(3)22(26)24-12-10-23(11-13-24)21(25)15-20-5-4-14-28-20/h4-9,14,16-17H,10-13,15H2,1-3H3. The van der Waals surface area contributed by atoms with Crippen LogP contribution in [-0.4, -0.2) is 53.9 Å². The monoisotopic (exact) mass is 400 g/mol. The summed E-state index contributed by atoms with van der Waals surface area (Å²) < 4.78 is 5.84. The lowest BCUT2D eigenvalue weighted by molar-refractivity contribution is -0.143. The van der Waals surface area contributed by atoms with Gasteiger partial charge in [0.05, 0.1) is 6.42 Å². The summed E-state index contributed by atoms with van der Waals surface area (Å²) in [5.74, 6) is 1.27. The highest BCUT2D eigenvalue weighted by molar-refractivity contribution is 7.10. The molecular formula is C22H28N2O3S. The molecular weight excluding hydrogens is 372 g/mol. The maximum absolute atomic E-state index is 12.7. The zero-order valence-electron chi connectivity index (χ0n) is 16.8. The fraction of sp³-hybridized carbons (Fsp3) is 0.455. The van der Waals surface area contributed by atoms with Crippen LogP contribution < -0.4 is 4.74 Å². The highest BCUT2D eigenvalue weighted by atomic mass is 32.1. The van der Waals surface area contributed by atoms with Crippen molar-refractivity contribution in [2.75, 3.05) is 26.2 Å². The Morgan fingerprint density at radius 1 is 1.00 bits per heavy atom. The number of amides is 2. The van der Waals surface area contributed by atoms with Crippen molar-refractivity contribution in [1.82, 2.24) is 9.80 Å². The molecule has 2 heterocycles. The highest BCUT2D eigenvalue weighted by Crippen LogP contribution is 2.20. The normalized spacial score (nSPS) is 15.6. The van der Waals surface area contributed by atoms with Crippen LogP contribution in [0.15, 0.2) is 41.8 Å². The van der Waals surface area contributed by atoms with Gasteiger partial charge < -0.3 is 14.5 Å². The van der Waals surface area contributed by atoms with E-state index in [1.807, 2.05) is 46.7 Å². The van der Waals surface area contributed by atoms with Gasteiger partial charge in [-0.15, -0.1) is 11.3 Å². The molecule has 0 radical (unpaired) electrons. The van der Waals surface area contributed by atoms with Crippen molar-refractivity contribution in [3.63, 3.8) is 0 Å². The minimum atomic E-state index is -0.543. The maximum Gasteiger partial charge on any atom is 0.263 e. The lowest BCUT2D eigenvalue weighted by Gasteiger charge is -2.36. The van der Waals surface area contributed by atoms with Gasteiger partial charge in [-0.25, -0.2) is 0 Å². The first-order valence-electron chi connectivity index (χ1n) is 9.79. The van der Waals surface area contributed by atoms with Crippen molar-refractivity contribution in [2.24, 2.45) is 0 Å². The van der Waals surface area contributed by atoms with Gasteiger partial charge in [0.1, 0.15) is 5.75 Å². The summed E-state index contributed by atoms with van der Waals surface area (Å²) in [5, 5.41) is 1.98. The van der Waals surface area contributed by atoms with Gasteiger partial charge in [0.25, 0.3) is 5.91 Å². The molecule has 5 nitrogen and oxygen atoms in total. The van der Waals surface area contributed by atoms with Gasteiger partial charge >= 0.3 is 0 Å². The van der Waals surface area contributed by atoms with Crippen LogP contribution in [0.3, 0.4) is 0 Å². The summed E-state index contributed by atoms with van der Waals surface area (Å²) in [6, 6.07) is 11.8. The predicted molar refractivity (Wildman–Crippen MR) is 112 cm³/mol. The van der Waals surface area contributed by atoms with Crippen molar-refractivity contribution in [3.05, 3.63) is 52.2 Å². The van der Waals surface area contributed by atoms with Crippen molar-refractivity contribution < 1.29 is 14.3 Å². The average molecular weight is 401 g/mol. The third-order valence-electron chi connectivity index (χ3n) is 5.06. The molecule has 2 aromatic rings. The van der Waals surface area contributed by atoms with Crippen LogP contribution in [0.2, 0.25) is 0 Å². The van der Waals surface area contributed by atoms with E-state index in [-0.39, 0.29) is 11.8 Å². The number of piperazine rings is 1. The summed E-state index contributed by atoms with van der Waals surface area (Å²) in [4.78, 5) is 29.8. The molecule has 150 valence electrons. The lowest BCUT2D eigenvalue weighted by Crippen LogP contribution is -2.53. The molecule has 1 unspecified atom stereocenters. The van der Waals surface area contributed by atoms with E-state index in [1.165, 1.54) is 5.56 Å². The molecule has 2 amide bonds. The fourth-order valence-electron chi connectivity index (χ4n) is 3.29. The van der Waals surface area contributed by atoms with Crippen LogP contribution in [0.25, 0.3) is 0 Å². The van der Waals surface area contributed by atoms with Gasteiger partial charge in [-0.05, 0) is 42.0 Å². The molecule has 3 rings (SSSR count). The first kappa shape index (κ1) is 20.4. The Balaban J connectivity index is 1.48. The molecule has 0 saturated carbocycles. The van der Waals surface area contributed by atoms with Gasteiger partial charge in [-0.1, -0.05) is 32.0 Å². The predicted octanol–water partition coefficient (Wildman–Crippen LogP) is 3.55. The molecule has 1 atom stereocenters. The maximum atomic E-state index is 12.7. The third kappa shape index (κ3) is 5.13. The summed E-state index contributed by atoms with van der Waals surface area (Å²) in [7, 11) is 0. The Labute approximate surface area is 170 Å². The number of hydrogen-bond acceptors (Lipinski definition) is 4. The molecule has 28 heavy (non-hydrogen) atoms. The fourth-order valence-corrected chi connectivity index (χ4v) is 3.99. The molecule has 1 aliphatic heterocycles. The lowest BCUT2D eigenvalue weighted by atomic mass is 10.0. The smallest absolute Gasteiger partial charge is 0.263 e. The minimum Gasteiger partial charge on any atom is -0.481 e. The summed E-state index contributed by atoms with van der Waals surface area (Å²) in [5.41, 5.74) is 1.25. The number of nitrogens with zero attached hydrogens (tertiary/aromatic N) is 2. The van der Waals surface area contributed by atoms with Crippen LogP contribution >= 0.6 is 11.3 Å². The number of rotatable bonds is 6. The first-order chi connectivity index (χ1) is 13.4. The molecule has 1 saturated heterocycles. The van der Waals surface area contributed by atoms with Crippen molar-refractivity contribution in [1.29, 1.82) is 0 Å². The SMILES string of the molecule is CC(Oc1ccc(C(C)C)cc1)C(=O)N1CCN(C(=O)Cc2cccs2)CC1. The topological polar surface area (TPSA) is 49.9 Å².